The Labute approximate surface area is 120 Å². The molecule has 4 nitrogen and oxygen atoms in total. The molecule has 1 amide bonds. The van der Waals surface area contributed by atoms with Gasteiger partial charge in [0.25, 0.3) is 5.91 Å². The lowest BCUT2D eigenvalue weighted by Gasteiger charge is -2.09. The van der Waals surface area contributed by atoms with Crippen molar-refractivity contribution in [1.29, 1.82) is 0 Å². The second-order valence-corrected chi connectivity index (χ2v) is 4.72. The molecule has 108 valence electrons. The Morgan fingerprint density at radius 1 is 1.40 bits per heavy atom. The summed E-state index contributed by atoms with van der Waals surface area (Å²) in [4.78, 5) is 12.0. The molecule has 0 radical (unpaired) electrons. The van der Waals surface area contributed by atoms with Crippen molar-refractivity contribution in [3.63, 3.8) is 0 Å². The molecule has 0 heterocycles. The first-order valence-electron chi connectivity index (χ1n) is 6.64. The number of ether oxygens (including phenoxy) is 1. The molecule has 0 spiro atoms. The van der Waals surface area contributed by atoms with Crippen molar-refractivity contribution in [1.82, 2.24) is 5.32 Å². The number of aliphatic hydroxyl groups excluding tert-OH is 1. The van der Waals surface area contributed by atoms with Crippen LogP contribution in [0.5, 0.6) is 0 Å². The maximum Gasteiger partial charge on any atom is 0.251 e. The summed E-state index contributed by atoms with van der Waals surface area (Å²) in [5.74, 6) is 5.24. The minimum Gasteiger partial charge on any atom is -0.384 e. The van der Waals surface area contributed by atoms with Crippen LogP contribution in [0.3, 0.4) is 0 Å². The van der Waals surface area contributed by atoms with Gasteiger partial charge in [-0.15, -0.1) is 0 Å². The van der Waals surface area contributed by atoms with Gasteiger partial charge in [0.2, 0.25) is 0 Å². The third-order valence-electron chi connectivity index (χ3n) is 2.49. The predicted octanol–water partition coefficient (Wildman–Crippen LogP) is 1.49. The Bertz CT molecular complexity index is 512. The fourth-order valence-electron chi connectivity index (χ4n) is 1.69. The number of rotatable bonds is 5. The normalized spacial score (nSPS) is 10.1. The molecule has 2 N–H and O–H groups in total. The number of benzene rings is 1. The summed E-state index contributed by atoms with van der Waals surface area (Å²) in [6, 6.07) is 5.40. The molecule has 0 aliphatic rings. The van der Waals surface area contributed by atoms with Crippen LogP contribution >= 0.6 is 0 Å². The second-order valence-electron chi connectivity index (χ2n) is 4.72. The molecule has 0 atom stereocenters. The van der Waals surface area contributed by atoms with Crippen molar-refractivity contribution < 1.29 is 14.6 Å². The zero-order valence-electron chi connectivity index (χ0n) is 12.2. The molecule has 1 aromatic rings. The molecule has 0 saturated heterocycles. The Balaban J connectivity index is 2.65. The van der Waals surface area contributed by atoms with Crippen LogP contribution in [0.2, 0.25) is 0 Å². The lowest BCUT2D eigenvalue weighted by molar-refractivity contribution is 0.0746. The van der Waals surface area contributed by atoms with Crippen LogP contribution in [0.4, 0.5) is 0 Å². The minimum absolute atomic E-state index is 0.145. The van der Waals surface area contributed by atoms with E-state index in [1.165, 1.54) is 0 Å². The highest BCUT2D eigenvalue weighted by molar-refractivity contribution is 5.94. The first-order valence-corrected chi connectivity index (χ1v) is 6.64. The van der Waals surface area contributed by atoms with Crippen LogP contribution in [0, 0.1) is 18.8 Å². The number of aliphatic hydroxyl groups is 1. The molecule has 0 aromatic heterocycles. The molecule has 0 aliphatic heterocycles. The summed E-state index contributed by atoms with van der Waals surface area (Å²) in [5.41, 5.74) is 2.25. The molecule has 0 bridgehead atoms. The van der Waals surface area contributed by atoms with E-state index in [9.17, 15) is 4.79 Å². The van der Waals surface area contributed by atoms with Gasteiger partial charge in [0.1, 0.15) is 6.61 Å². The molecular formula is C16H21NO3. The van der Waals surface area contributed by atoms with Gasteiger partial charge in [-0.2, -0.15) is 0 Å². The van der Waals surface area contributed by atoms with E-state index >= 15 is 0 Å². The van der Waals surface area contributed by atoms with Gasteiger partial charge in [0.15, 0.2) is 0 Å². The number of amides is 1. The molecule has 4 heteroatoms. The quantitative estimate of drug-likeness (QED) is 0.632. The summed E-state index contributed by atoms with van der Waals surface area (Å²) in [7, 11) is 0. The molecule has 0 saturated carbocycles. The average Bonchev–Trinajstić information content (AvgIpc) is 2.40. The summed E-state index contributed by atoms with van der Waals surface area (Å²) >= 11 is 0. The van der Waals surface area contributed by atoms with Crippen LogP contribution in [-0.2, 0) is 4.74 Å². The van der Waals surface area contributed by atoms with Crippen LogP contribution in [0.15, 0.2) is 18.2 Å². The standard InChI is InChI=1S/C16H21NO3/c1-12(2)20-8-6-17-16(19)15-10-13(3)9-14(11-15)5-4-7-18/h9-12,18H,6-8H2,1-3H3,(H,17,19). The topological polar surface area (TPSA) is 58.6 Å². The van der Waals surface area contributed by atoms with Crippen molar-refractivity contribution in [2.45, 2.75) is 26.9 Å². The fourth-order valence-corrected chi connectivity index (χ4v) is 1.69. The zero-order chi connectivity index (χ0) is 15.0. The van der Waals surface area contributed by atoms with E-state index in [0.717, 1.165) is 11.1 Å². The fraction of sp³-hybridized carbons (Fsp3) is 0.438. The third kappa shape index (κ3) is 5.87. The number of nitrogens with one attached hydrogen (secondary N) is 1. The van der Waals surface area contributed by atoms with Gasteiger partial charge < -0.3 is 15.2 Å². The SMILES string of the molecule is Cc1cc(C#CCO)cc(C(=O)NCCOC(C)C)c1. The van der Waals surface area contributed by atoms with Crippen LogP contribution in [0.1, 0.15) is 35.3 Å². The van der Waals surface area contributed by atoms with Gasteiger partial charge >= 0.3 is 0 Å². The van der Waals surface area contributed by atoms with Gasteiger partial charge in [-0.05, 0) is 44.5 Å². The van der Waals surface area contributed by atoms with E-state index in [0.29, 0.717) is 18.7 Å². The maximum atomic E-state index is 12.0. The van der Waals surface area contributed by atoms with E-state index in [4.69, 9.17) is 9.84 Å². The lowest BCUT2D eigenvalue weighted by atomic mass is 10.1. The first kappa shape index (κ1) is 16.2. The van der Waals surface area contributed by atoms with Gasteiger partial charge in [0.05, 0.1) is 12.7 Å². The summed E-state index contributed by atoms with van der Waals surface area (Å²) in [6.45, 7) is 6.59. The van der Waals surface area contributed by atoms with Crippen molar-refractivity contribution >= 4 is 5.91 Å². The number of hydrogen-bond acceptors (Lipinski definition) is 3. The third-order valence-corrected chi connectivity index (χ3v) is 2.49. The van der Waals surface area contributed by atoms with Gasteiger partial charge in [-0.1, -0.05) is 11.8 Å². The Kier molecular flexibility index (Phi) is 6.78. The molecule has 0 unspecified atom stereocenters. The van der Waals surface area contributed by atoms with E-state index in [1.54, 1.807) is 6.07 Å². The Hall–Kier alpha value is -1.83. The van der Waals surface area contributed by atoms with E-state index in [-0.39, 0.29) is 18.6 Å². The number of carbonyl (C=O) groups is 1. The van der Waals surface area contributed by atoms with Crippen LogP contribution in [0.25, 0.3) is 0 Å². The monoisotopic (exact) mass is 275 g/mol. The van der Waals surface area contributed by atoms with E-state index in [1.807, 2.05) is 32.9 Å². The average molecular weight is 275 g/mol. The van der Waals surface area contributed by atoms with Gasteiger partial charge in [-0.25, -0.2) is 0 Å². The maximum absolute atomic E-state index is 12.0. The molecule has 0 aliphatic carbocycles. The Morgan fingerprint density at radius 2 is 2.15 bits per heavy atom. The van der Waals surface area contributed by atoms with Gasteiger partial charge in [0, 0.05) is 17.7 Å². The molecule has 1 rings (SSSR count). The van der Waals surface area contributed by atoms with Gasteiger partial charge in [-0.3, -0.25) is 4.79 Å². The first-order chi connectivity index (χ1) is 9.52. The lowest BCUT2D eigenvalue weighted by Crippen LogP contribution is -2.28. The van der Waals surface area contributed by atoms with Crippen molar-refractivity contribution in [3.8, 4) is 11.8 Å². The summed E-state index contributed by atoms with van der Waals surface area (Å²) in [6.07, 6.45) is 0.159. The largest absolute Gasteiger partial charge is 0.384 e. The Morgan fingerprint density at radius 3 is 2.80 bits per heavy atom. The molecule has 1 aromatic carbocycles. The summed E-state index contributed by atoms with van der Waals surface area (Å²) in [5, 5.41) is 11.5. The van der Waals surface area contributed by atoms with Crippen molar-refractivity contribution in [3.05, 3.63) is 34.9 Å². The van der Waals surface area contributed by atoms with Crippen molar-refractivity contribution in [2.75, 3.05) is 19.8 Å². The second kappa shape index (κ2) is 8.36. The highest BCUT2D eigenvalue weighted by atomic mass is 16.5. The number of aryl methyl sites for hydroxylation is 1. The van der Waals surface area contributed by atoms with Crippen LogP contribution < -0.4 is 5.32 Å². The molecule has 20 heavy (non-hydrogen) atoms. The molecule has 0 fully saturated rings. The smallest absolute Gasteiger partial charge is 0.251 e. The molecular weight excluding hydrogens is 254 g/mol. The minimum atomic E-state index is -0.192. The highest BCUT2D eigenvalue weighted by Crippen LogP contribution is 2.09. The number of hydrogen-bond donors (Lipinski definition) is 2. The van der Waals surface area contributed by atoms with E-state index < -0.39 is 0 Å². The van der Waals surface area contributed by atoms with E-state index in [2.05, 4.69) is 17.2 Å². The predicted molar refractivity (Wildman–Crippen MR) is 78.6 cm³/mol. The van der Waals surface area contributed by atoms with Crippen LogP contribution in [-0.4, -0.2) is 36.9 Å². The highest BCUT2D eigenvalue weighted by Gasteiger charge is 2.06. The number of carbonyl (C=O) groups excluding carboxylic acids is 1. The summed E-state index contributed by atoms with van der Waals surface area (Å²) < 4.78 is 5.36. The zero-order valence-corrected chi connectivity index (χ0v) is 12.2. The van der Waals surface area contributed by atoms with Crippen molar-refractivity contribution in [2.24, 2.45) is 0 Å².